The number of hydrogen-bond donors (Lipinski definition) is 2. The van der Waals surface area contributed by atoms with E-state index >= 15 is 0 Å². The third kappa shape index (κ3) is 0.404. The van der Waals surface area contributed by atoms with E-state index < -0.39 is 0 Å². The molecular weight excluding hydrogens is 192 g/mol. The van der Waals surface area contributed by atoms with Gasteiger partial charge in [-0.25, -0.2) is 0 Å². The maximum Gasteiger partial charge on any atom is 0.0682 e. The van der Waals surface area contributed by atoms with Gasteiger partial charge in [0.15, 0.2) is 0 Å². The van der Waals surface area contributed by atoms with Crippen molar-refractivity contribution in [2.45, 2.75) is 12.8 Å². The topological polar surface area (TPSA) is 65.2 Å². The zero-order chi connectivity index (χ0) is 9.95. The molecule has 4 heteroatoms. The van der Waals surface area contributed by atoms with Crippen molar-refractivity contribution in [1.82, 2.24) is 0 Å². The van der Waals surface area contributed by atoms with Gasteiger partial charge in [-0.1, -0.05) is 10.3 Å². The summed E-state index contributed by atoms with van der Waals surface area (Å²) in [4.78, 5) is 0. The maximum atomic E-state index is 9.18. The molecule has 0 aliphatic heterocycles. The summed E-state index contributed by atoms with van der Waals surface area (Å²) in [6.07, 6.45) is 2.37. The van der Waals surface area contributed by atoms with Gasteiger partial charge in [0.05, 0.1) is 11.4 Å². The molecule has 7 atom stereocenters. The monoisotopic (exact) mass is 204 g/mol. The predicted octanol–water partition coefficient (Wildman–Crippen LogP) is 1.18. The van der Waals surface area contributed by atoms with Crippen molar-refractivity contribution >= 4 is 11.4 Å². The van der Waals surface area contributed by atoms with Gasteiger partial charge in [-0.15, -0.1) is 0 Å². The van der Waals surface area contributed by atoms with Gasteiger partial charge in [0.2, 0.25) is 0 Å². The molecule has 0 saturated heterocycles. The van der Waals surface area contributed by atoms with Crippen LogP contribution in [-0.2, 0) is 0 Å². The van der Waals surface area contributed by atoms with E-state index in [-0.39, 0.29) is 5.41 Å². The van der Waals surface area contributed by atoms with Crippen LogP contribution in [0.2, 0.25) is 0 Å². The standard InChI is InChI=1S/C11H12N2O2/c14-12-9-3-1-4-7-5-2-11(7,8(4)9)10(13-15)6(3)5/h3-8,14-15H,1-2H2/b12-9+,13-10-/t3-,4-,5-,6-,7+,8+,11-/m1/s1. The summed E-state index contributed by atoms with van der Waals surface area (Å²) >= 11 is 0. The van der Waals surface area contributed by atoms with Crippen LogP contribution in [0, 0.1) is 40.9 Å². The fraction of sp³-hybridized carbons (Fsp3) is 0.818. The lowest BCUT2D eigenvalue weighted by Crippen LogP contribution is -2.64. The number of hydrogen-bond acceptors (Lipinski definition) is 4. The van der Waals surface area contributed by atoms with E-state index in [9.17, 15) is 5.21 Å². The Morgan fingerprint density at radius 3 is 2.80 bits per heavy atom. The average Bonchev–Trinajstić information content (AvgIpc) is 2.64. The van der Waals surface area contributed by atoms with Crippen LogP contribution in [0.15, 0.2) is 10.3 Å². The van der Waals surface area contributed by atoms with Crippen molar-refractivity contribution < 1.29 is 10.4 Å². The summed E-state index contributed by atoms with van der Waals surface area (Å²) in [5, 5.41) is 25.4. The Kier molecular flexibility index (Phi) is 0.822. The quantitative estimate of drug-likeness (QED) is 0.459. The largest absolute Gasteiger partial charge is 0.411 e. The lowest BCUT2D eigenvalue weighted by molar-refractivity contribution is -0.151. The van der Waals surface area contributed by atoms with Gasteiger partial charge in [0, 0.05) is 23.2 Å². The van der Waals surface area contributed by atoms with Crippen molar-refractivity contribution in [1.29, 1.82) is 0 Å². The molecule has 7 bridgehead atoms. The summed E-state index contributed by atoms with van der Waals surface area (Å²) in [6.45, 7) is 0. The smallest absolute Gasteiger partial charge is 0.0682 e. The highest BCUT2D eigenvalue weighted by Crippen LogP contribution is 2.87. The van der Waals surface area contributed by atoms with E-state index in [2.05, 4.69) is 10.3 Å². The summed E-state index contributed by atoms with van der Waals surface area (Å²) in [5.41, 5.74) is 2.26. The summed E-state index contributed by atoms with van der Waals surface area (Å²) in [5.74, 6) is 3.51. The van der Waals surface area contributed by atoms with Gasteiger partial charge in [-0.3, -0.25) is 0 Å². The normalized spacial score (nSPS) is 71.2. The number of rotatable bonds is 0. The molecule has 7 saturated carbocycles. The van der Waals surface area contributed by atoms with Crippen LogP contribution in [0.4, 0.5) is 0 Å². The van der Waals surface area contributed by atoms with Crippen molar-refractivity contribution in [2.24, 2.45) is 51.2 Å². The van der Waals surface area contributed by atoms with E-state index in [1.165, 1.54) is 12.8 Å². The van der Waals surface area contributed by atoms with Crippen LogP contribution in [0.3, 0.4) is 0 Å². The zero-order valence-corrected chi connectivity index (χ0v) is 8.17. The molecule has 7 rings (SSSR count). The van der Waals surface area contributed by atoms with Crippen LogP contribution < -0.4 is 0 Å². The first-order chi connectivity index (χ1) is 7.34. The molecule has 2 N–H and O–H groups in total. The van der Waals surface area contributed by atoms with E-state index in [4.69, 9.17) is 5.21 Å². The van der Waals surface area contributed by atoms with Gasteiger partial charge in [0.25, 0.3) is 0 Å². The summed E-state index contributed by atoms with van der Waals surface area (Å²) < 4.78 is 0. The van der Waals surface area contributed by atoms with Gasteiger partial charge < -0.3 is 10.4 Å². The van der Waals surface area contributed by atoms with E-state index in [0.29, 0.717) is 17.8 Å². The molecule has 0 amide bonds. The Hall–Kier alpha value is -1.06. The molecule has 0 heterocycles. The lowest BCUT2D eigenvalue weighted by Gasteiger charge is -2.64. The summed E-state index contributed by atoms with van der Waals surface area (Å²) in [6, 6.07) is 0. The van der Waals surface area contributed by atoms with Gasteiger partial charge in [-0.05, 0) is 30.6 Å². The van der Waals surface area contributed by atoms with Crippen LogP contribution in [0.5, 0.6) is 0 Å². The first-order valence-electron chi connectivity index (χ1n) is 5.79. The van der Waals surface area contributed by atoms with Crippen LogP contribution >= 0.6 is 0 Å². The van der Waals surface area contributed by atoms with E-state index in [0.717, 1.165) is 29.2 Å². The Morgan fingerprint density at radius 1 is 1.20 bits per heavy atom. The first kappa shape index (κ1) is 7.25. The fourth-order valence-corrected chi connectivity index (χ4v) is 6.20. The Morgan fingerprint density at radius 2 is 2.07 bits per heavy atom. The highest BCUT2D eigenvalue weighted by atomic mass is 16.4. The van der Waals surface area contributed by atoms with Gasteiger partial charge >= 0.3 is 0 Å². The Bertz CT molecular complexity index is 450. The van der Waals surface area contributed by atoms with Crippen molar-refractivity contribution in [3.8, 4) is 0 Å². The second-order valence-corrected chi connectivity index (χ2v) is 5.95. The molecule has 4 nitrogen and oxygen atoms in total. The van der Waals surface area contributed by atoms with Crippen LogP contribution in [0.25, 0.3) is 0 Å². The molecule has 7 aliphatic rings. The second-order valence-electron chi connectivity index (χ2n) is 5.95. The lowest BCUT2D eigenvalue weighted by atomic mass is 9.38. The van der Waals surface area contributed by atoms with E-state index in [1.54, 1.807) is 0 Å². The van der Waals surface area contributed by atoms with Crippen molar-refractivity contribution in [3.63, 3.8) is 0 Å². The Balaban J connectivity index is 1.84. The van der Waals surface area contributed by atoms with Crippen molar-refractivity contribution in [3.05, 3.63) is 0 Å². The third-order valence-electron chi connectivity index (χ3n) is 6.21. The second kappa shape index (κ2) is 1.70. The minimum Gasteiger partial charge on any atom is -0.411 e. The SMILES string of the molecule is O/N=C1/[C@H]2[C@H]3C[C@]14[C@H]3[C@H]1C[C@H]2/C(=N\O)[C@H]14. The van der Waals surface area contributed by atoms with Crippen LogP contribution in [0.1, 0.15) is 12.8 Å². The molecule has 15 heavy (non-hydrogen) atoms. The molecular formula is C11H12N2O2. The highest BCUT2D eigenvalue weighted by molar-refractivity contribution is 6.13. The highest BCUT2D eigenvalue weighted by Gasteiger charge is 2.88. The molecule has 7 fully saturated rings. The summed E-state index contributed by atoms with van der Waals surface area (Å²) in [7, 11) is 0. The number of nitrogens with zero attached hydrogens (tertiary/aromatic N) is 2. The molecule has 7 aliphatic carbocycles. The van der Waals surface area contributed by atoms with Crippen LogP contribution in [-0.4, -0.2) is 21.8 Å². The third-order valence-corrected chi connectivity index (χ3v) is 6.21. The molecule has 0 aromatic heterocycles. The average molecular weight is 204 g/mol. The molecule has 0 aromatic rings. The van der Waals surface area contributed by atoms with Gasteiger partial charge in [0.1, 0.15) is 0 Å². The first-order valence-corrected chi connectivity index (χ1v) is 5.79. The minimum atomic E-state index is 0.156. The predicted molar refractivity (Wildman–Crippen MR) is 51.1 cm³/mol. The zero-order valence-electron chi connectivity index (χ0n) is 8.17. The maximum absolute atomic E-state index is 9.18. The molecule has 0 aromatic carbocycles. The minimum absolute atomic E-state index is 0.156. The molecule has 0 radical (unpaired) electrons. The molecule has 78 valence electrons. The van der Waals surface area contributed by atoms with Gasteiger partial charge in [-0.2, -0.15) is 0 Å². The Labute approximate surface area is 86.6 Å². The molecule has 1 spiro atoms. The van der Waals surface area contributed by atoms with E-state index in [1.807, 2.05) is 0 Å². The number of oxime groups is 2. The molecule has 0 unspecified atom stereocenters. The fourth-order valence-electron chi connectivity index (χ4n) is 6.20. The van der Waals surface area contributed by atoms with Crippen molar-refractivity contribution in [2.75, 3.05) is 0 Å².